The first kappa shape index (κ1) is 9.92. The van der Waals surface area contributed by atoms with Crippen molar-refractivity contribution in [1.82, 2.24) is 10.3 Å². The molecular formula is C8H9F3N2S. The number of aromatic nitrogens is 1. The summed E-state index contributed by atoms with van der Waals surface area (Å²) in [5.74, 6) is 0. The minimum atomic E-state index is -4.31. The first-order valence-electron chi connectivity index (χ1n) is 4.30. The minimum absolute atomic E-state index is 0.450. The molecule has 0 unspecified atom stereocenters. The molecule has 6 heteroatoms. The Hall–Kier alpha value is -0.620. The number of nitrogens with zero attached hydrogens (tertiary/aromatic N) is 1. The molecule has 78 valence electrons. The van der Waals surface area contributed by atoms with Crippen molar-refractivity contribution < 1.29 is 13.2 Å². The zero-order valence-corrected chi connectivity index (χ0v) is 8.08. The van der Waals surface area contributed by atoms with Crippen LogP contribution in [0.1, 0.15) is 23.5 Å². The molecule has 1 N–H and O–H groups in total. The van der Waals surface area contributed by atoms with Crippen LogP contribution < -0.4 is 5.32 Å². The summed E-state index contributed by atoms with van der Waals surface area (Å²) < 4.78 is 36.4. The van der Waals surface area contributed by atoms with Gasteiger partial charge in [-0.05, 0) is 12.8 Å². The molecule has 0 atom stereocenters. The summed E-state index contributed by atoms with van der Waals surface area (Å²) in [6.45, 7) is 0.450. The lowest BCUT2D eigenvalue weighted by atomic mass is 10.5. The molecule has 1 heterocycles. The molecule has 1 aromatic rings. The van der Waals surface area contributed by atoms with Gasteiger partial charge in [0.25, 0.3) is 0 Å². The fourth-order valence-electron chi connectivity index (χ4n) is 1.04. The quantitative estimate of drug-likeness (QED) is 0.849. The summed E-state index contributed by atoms with van der Waals surface area (Å²) in [5.41, 5.74) is -0.782. The predicted octanol–water partition coefficient (Wildman–Crippen LogP) is 2.41. The van der Waals surface area contributed by atoms with E-state index in [-0.39, 0.29) is 0 Å². The van der Waals surface area contributed by atoms with Crippen molar-refractivity contribution >= 4 is 11.3 Å². The molecule has 1 saturated carbocycles. The Kier molecular flexibility index (Phi) is 2.48. The van der Waals surface area contributed by atoms with E-state index in [4.69, 9.17) is 0 Å². The first-order valence-corrected chi connectivity index (χ1v) is 5.18. The highest BCUT2D eigenvalue weighted by Crippen LogP contribution is 2.30. The zero-order valence-electron chi connectivity index (χ0n) is 7.27. The van der Waals surface area contributed by atoms with E-state index in [2.05, 4.69) is 10.3 Å². The Morgan fingerprint density at radius 3 is 2.71 bits per heavy atom. The normalized spacial score (nSPS) is 17.4. The van der Waals surface area contributed by atoms with Crippen LogP contribution >= 0.6 is 11.3 Å². The van der Waals surface area contributed by atoms with Crippen molar-refractivity contribution in [3.63, 3.8) is 0 Å². The number of hydrogen-bond donors (Lipinski definition) is 1. The Labute approximate surface area is 83.2 Å². The molecule has 0 spiro atoms. The van der Waals surface area contributed by atoms with Crippen LogP contribution in [0.2, 0.25) is 0 Å². The Morgan fingerprint density at radius 1 is 1.50 bits per heavy atom. The highest BCUT2D eigenvalue weighted by Gasteiger charge is 2.33. The maximum Gasteiger partial charge on any atom is 0.434 e. The van der Waals surface area contributed by atoms with Crippen LogP contribution in [-0.2, 0) is 12.7 Å². The van der Waals surface area contributed by atoms with Gasteiger partial charge in [-0.2, -0.15) is 13.2 Å². The highest BCUT2D eigenvalue weighted by molar-refractivity contribution is 7.09. The molecule has 0 aromatic carbocycles. The van der Waals surface area contributed by atoms with E-state index < -0.39 is 11.9 Å². The average molecular weight is 222 g/mol. The number of rotatable bonds is 3. The lowest BCUT2D eigenvalue weighted by Gasteiger charge is -2.00. The number of nitrogens with one attached hydrogen (secondary N) is 1. The second kappa shape index (κ2) is 3.51. The van der Waals surface area contributed by atoms with Gasteiger partial charge in [0.05, 0.1) is 0 Å². The molecule has 0 radical (unpaired) electrons. The van der Waals surface area contributed by atoms with E-state index in [9.17, 15) is 13.2 Å². The van der Waals surface area contributed by atoms with E-state index >= 15 is 0 Å². The van der Waals surface area contributed by atoms with Crippen LogP contribution in [0.25, 0.3) is 0 Å². The predicted molar refractivity (Wildman–Crippen MR) is 47.0 cm³/mol. The van der Waals surface area contributed by atoms with Gasteiger partial charge in [-0.25, -0.2) is 4.98 Å². The topological polar surface area (TPSA) is 24.9 Å². The Bertz CT molecular complexity index is 317. The van der Waals surface area contributed by atoms with Crippen LogP contribution in [0, 0.1) is 0 Å². The lowest BCUT2D eigenvalue weighted by molar-refractivity contribution is -0.140. The molecule has 1 fully saturated rings. The van der Waals surface area contributed by atoms with Crippen molar-refractivity contribution in [2.45, 2.75) is 31.6 Å². The molecule has 0 saturated heterocycles. The third-order valence-electron chi connectivity index (χ3n) is 1.96. The smallest absolute Gasteiger partial charge is 0.308 e. The van der Waals surface area contributed by atoms with Gasteiger partial charge in [-0.1, -0.05) is 0 Å². The fraction of sp³-hybridized carbons (Fsp3) is 0.625. The van der Waals surface area contributed by atoms with Gasteiger partial charge in [-0.3, -0.25) is 0 Å². The zero-order chi connectivity index (χ0) is 10.2. The second-order valence-electron chi connectivity index (χ2n) is 3.28. The number of alkyl halides is 3. The largest absolute Gasteiger partial charge is 0.434 e. The number of thiazole rings is 1. The van der Waals surface area contributed by atoms with Crippen LogP contribution in [0.15, 0.2) is 5.38 Å². The van der Waals surface area contributed by atoms with Crippen molar-refractivity contribution in [2.24, 2.45) is 0 Å². The van der Waals surface area contributed by atoms with Gasteiger partial charge in [-0.15, -0.1) is 11.3 Å². The van der Waals surface area contributed by atoms with Crippen molar-refractivity contribution in [2.75, 3.05) is 0 Å². The molecule has 1 aliphatic rings. The molecule has 14 heavy (non-hydrogen) atoms. The number of hydrogen-bond acceptors (Lipinski definition) is 3. The molecule has 2 rings (SSSR count). The highest BCUT2D eigenvalue weighted by atomic mass is 32.1. The molecule has 2 nitrogen and oxygen atoms in total. The lowest BCUT2D eigenvalue weighted by Crippen LogP contribution is -2.15. The van der Waals surface area contributed by atoms with Crippen LogP contribution in [-0.4, -0.2) is 11.0 Å². The van der Waals surface area contributed by atoms with Gasteiger partial charge >= 0.3 is 6.18 Å². The molecule has 1 aliphatic carbocycles. The number of halogens is 3. The van der Waals surface area contributed by atoms with Crippen molar-refractivity contribution in [3.05, 3.63) is 16.1 Å². The molecule has 1 aromatic heterocycles. The van der Waals surface area contributed by atoms with Gasteiger partial charge in [0.1, 0.15) is 5.01 Å². The van der Waals surface area contributed by atoms with Crippen LogP contribution in [0.5, 0.6) is 0 Å². The van der Waals surface area contributed by atoms with Crippen LogP contribution in [0.3, 0.4) is 0 Å². The monoisotopic (exact) mass is 222 g/mol. The molecule has 0 bridgehead atoms. The average Bonchev–Trinajstić information content (AvgIpc) is 2.77. The summed E-state index contributed by atoms with van der Waals surface area (Å²) >= 11 is 1.05. The van der Waals surface area contributed by atoms with Crippen LogP contribution in [0.4, 0.5) is 13.2 Å². The Balaban J connectivity index is 1.94. The third kappa shape index (κ3) is 2.45. The maximum absolute atomic E-state index is 12.1. The molecular weight excluding hydrogens is 213 g/mol. The van der Waals surface area contributed by atoms with Gasteiger partial charge in [0.15, 0.2) is 5.69 Å². The SMILES string of the molecule is FC(F)(F)c1csc(CNC2CC2)n1. The molecule has 0 amide bonds. The van der Waals surface area contributed by atoms with Gasteiger partial charge in [0.2, 0.25) is 0 Å². The van der Waals surface area contributed by atoms with E-state index in [1.54, 1.807) is 0 Å². The van der Waals surface area contributed by atoms with Gasteiger partial charge < -0.3 is 5.32 Å². The minimum Gasteiger partial charge on any atom is -0.308 e. The first-order chi connectivity index (χ1) is 6.55. The Morgan fingerprint density at radius 2 is 2.21 bits per heavy atom. The summed E-state index contributed by atoms with van der Waals surface area (Å²) in [7, 11) is 0. The summed E-state index contributed by atoms with van der Waals surface area (Å²) in [6.07, 6.45) is -2.07. The molecule has 0 aliphatic heterocycles. The van der Waals surface area contributed by atoms with E-state index in [0.717, 1.165) is 29.6 Å². The van der Waals surface area contributed by atoms with E-state index in [0.29, 0.717) is 17.6 Å². The van der Waals surface area contributed by atoms with Gasteiger partial charge in [0, 0.05) is 18.0 Å². The van der Waals surface area contributed by atoms with Crippen molar-refractivity contribution in [3.8, 4) is 0 Å². The third-order valence-corrected chi connectivity index (χ3v) is 2.81. The summed E-state index contributed by atoms with van der Waals surface area (Å²) in [5, 5.41) is 4.68. The fourth-order valence-corrected chi connectivity index (χ4v) is 1.79. The summed E-state index contributed by atoms with van der Waals surface area (Å²) in [6, 6.07) is 0.494. The van der Waals surface area contributed by atoms with Crippen molar-refractivity contribution in [1.29, 1.82) is 0 Å². The second-order valence-corrected chi connectivity index (χ2v) is 4.22. The summed E-state index contributed by atoms with van der Waals surface area (Å²) in [4.78, 5) is 3.51. The standard InChI is InChI=1S/C8H9F3N2S/c9-8(10,11)6-4-14-7(13-6)3-12-5-1-2-5/h4-5,12H,1-3H2. The van der Waals surface area contributed by atoms with E-state index in [1.165, 1.54) is 0 Å². The maximum atomic E-state index is 12.1. The van der Waals surface area contributed by atoms with E-state index in [1.807, 2.05) is 0 Å².